The summed E-state index contributed by atoms with van der Waals surface area (Å²) in [4.78, 5) is 16.1. The highest BCUT2D eigenvalue weighted by atomic mass is 35.5. The van der Waals surface area contributed by atoms with Crippen LogP contribution in [0.15, 0.2) is 35.4 Å². The quantitative estimate of drug-likeness (QED) is 0.473. The number of carbonyl (C=O) groups excluding carboxylic acids is 1. The second kappa shape index (κ2) is 7.33. The van der Waals surface area contributed by atoms with Crippen LogP contribution < -0.4 is 5.32 Å². The van der Waals surface area contributed by atoms with E-state index >= 15 is 0 Å². The molecular weight excluding hydrogens is 331 g/mol. The lowest BCUT2D eigenvalue weighted by atomic mass is 10.2. The molecule has 0 radical (unpaired) electrons. The molecule has 1 amide bonds. The lowest BCUT2D eigenvalue weighted by Gasteiger charge is -2.06. The van der Waals surface area contributed by atoms with Crippen molar-refractivity contribution in [1.29, 1.82) is 0 Å². The van der Waals surface area contributed by atoms with Crippen LogP contribution in [-0.2, 0) is 13.1 Å². The first kappa shape index (κ1) is 15.7. The molecule has 1 aromatic heterocycles. The maximum atomic E-state index is 12.0. The average molecular weight is 341 g/mol. The Bertz CT molecular complexity index is 710. The van der Waals surface area contributed by atoms with E-state index in [9.17, 15) is 4.79 Å². The van der Waals surface area contributed by atoms with Gasteiger partial charge >= 0.3 is 0 Å². The third kappa shape index (κ3) is 4.37. The second-order valence-electron chi connectivity index (χ2n) is 4.07. The Hall–Kier alpha value is -1.72. The van der Waals surface area contributed by atoms with E-state index in [1.165, 1.54) is 11.3 Å². The minimum atomic E-state index is -0.196. The molecular formula is C13H10Cl2N4OS. The van der Waals surface area contributed by atoms with Gasteiger partial charge in [-0.05, 0) is 35.4 Å². The number of rotatable bonds is 5. The zero-order valence-corrected chi connectivity index (χ0v) is 13.0. The maximum absolute atomic E-state index is 12.0. The summed E-state index contributed by atoms with van der Waals surface area (Å²) in [5.74, 6) is -0.196. The molecule has 8 heteroatoms. The van der Waals surface area contributed by atoms with Crippen LogP contribution in [-0.4, -0.2) is 5.91 Å². The van der Waals surface area contributed by atoms with Gasteiger partial charge in [-0.2, -0.15) is 0 Å². The molecule has 0 atom stereocenters. The monoisotopic (exact) mass is 340 g/mol. The minimum absolute atomic E-state index is 0.196. The smallest absolute Gasteiger partial charge is 0.261 e. The van der Waals surface area contributed by atoms with Crippen LogP contribution in [0.1, 0.15) is 20.1 Å². The van der Waals surface area contributed by atoms with Gasteiger partial charge in [0.2, 0.25) is 0 Å². The topological polar surface area (TPSA) is 77.9 Å². The summed E-state index contributed by atoms with van der Waals surface area (Å²) >= 11 is 13.1. The standard InChI is InChI=1S/C13H10Cl2N4OS/c14-9-2-1-8(11(15)5-9)6-17-13(20)12-4-3-10(21-12)7-18-19-16/h1-5H,6-7H2,(H,17,20). The highest BCUT2D eigenvalue weighted by molar-refractivity contribution is 7.14. The van der Waals surface area contributed by atoms with Crippen molar-refractivity contribution in [3.05, 3.63) is 66.1 Å². The van der Waals surface area contributed by atoms with Crippen molar-refractivity contribution in [2.75, 3.05) is 0 Å². The van der Waals surface area contributed by atoms with Gasteiger partial charge in [0.15, 0.2) is 0 Å². The summed E-state index contributed by atoms with van der Waals surface area (Å²) in [5, 5.41) is 7.31. The van der Waals surface area contributed by atoms with Gasteiger partial charge in [0.1, 0.15) is 0 Å². The predicted molar refractivity (Wildman–Crippen MR) is 84.8 cm³/mol. The number of amides is 1. The van der Waals surface area contributed by atoms with E-state index in [1.807, 2.05) is 0 Å². The van der Waals surface area contributed by atoms with Crippen molar-refractivity contribution in [3.63, 3.8) is 0 Å². The first-order chi connectivity index (χ1) is 10.1. The minimum Gasteiger partial charge on any atom is -0.347 e. The number of benzene rings is 1. The van der Waals surface area contributed by atoms with Gasteiger partial charge in [-0.15, -0.1) is 11.3 Å². The van der Waals surface area contributed by atoms with E-state index in [4.69, 9.17) is 28.7 Å². The van der Waals surface area contributed by atoms with Gasteiger partial charge in [0, 0.05) is 26.4 Å². The molecule has 0 unspecified atom stereocenters. The van der Waals surface area contributed by atoms with Crippen LogP contribution in [0.3, 0.4) is 0 Å². The Morgan fingerprint density at radius 2 is 2.14 bits per heavy atom. The molecule has 0 aliphatic rings. The van der Waals surface area contributed by atoms with Crippen molar-refractivity contribution in [3.8, 4) is 0 Å². The van der Waals surface area contributed by atoms with Gasteiger partial charge in [-0.1, -0.05) is 34.4 Å². The van der Waals surface area contributed by atoms with Gasteiger partial charge in [-0.3, -0.25) is 4.79 Å². The van der Waals surface area contributed by atoms with E-state index in [1.54, 1.807) is 30.3 Å². The first-order valence-electron chi connectivity index (χ1n) is 5.92. The summed E-state index contributed by atoms with van der Waals surface area (Å²) in [6.45, 7) is 0.565. The molecule has 2 aromatic rings. The Morgan fingerprint density at radius 1 is 1.33 bits per heavy atom. The summed E-state index contributed by atoms with van der Waals surface area (Å²) < 4.78 is 0. The van der Waals surface area contributed by atoms with E-state index < -0.39 is 0 Å². The number of hydrogen-bond donors (Lipinski definition) is 1. The normalized spacial score (nSPS) is 10.0. The Balaban J connectivity index is 1.98. The third-order valence-corrected chi connectivity index (χ3v) is 4.29. The highest BCUT2D eigenvalue weighted by Crippen LogP contribution is 2.21. The molecule has 2 rings (SSSR count). The Labute approximate surface area is 135 Å². The molecule has 0 aliphatic heterocycles. The molecule has 108 valence electrons. The van der Waals surface area contributed by atoms with E-state index in [0.717, 1.165) is 10.4 Å². The van der Waals surface area contributed by atoms with Gasteiger partial charge in [-0.25, -0.2) is 0 Å². The largest absolute Gasteiger partial charge is 0.347 e. The second-order valence-corrected chi connectivity index (χ2v) is 6.09. The Morgan fingerprint density at radius 3 is 2.86 bits per heavy atom. The Kier molecular flexibility index (Phi) is 5.47. The molecule has 5 nitrogen and oxygen atoms in total. The van der Waals surface area contributed by atoms with Crippen molar-refractivity contribution >= 4 is 40.4 Å². The first-order valence-corrected chi connectivity index (χ1v) is 7.49. The number of azide groups is 1. The van der Waals surface area contributed by atoms with Gasteiger partial charge < -0.3 is 5.32 Å². The van der Waals surface area contributed by atoms with Crippen molar-refractivity contribution < 1.29 is 4.79 Å². The molecule has 0 fully saturated rings. The number of halogens is 2. The predicted octanol–water partition coefficient (Wildman–Crippen LogP) is 4.80. The molecule has 21 heavy (non-hydrogen) atoms. The highest BCUT2D eigenvalue weighted by Gasteiger charge is 2.09. The van der Waals surface area contributed by atoms with Gasteiger partial charge in [0.05, 0.1) is 11.4 Å². The summed E-state index contributed by atoms with van der Waals surface area (Å²) in [5.41, 5.74) is 9.05. The third-order valence-electron chi connectivity index (χ3n) is 2.63. The number of hydrogen-bond acceptors (Lipinski definition) is 3. The van der Waals surface area contributed by atoms with Crippen molar-refractivity contribution in [2.45, 2.75) is 13.1 Å². The van der Waals surface area contributed by atoms with E-state index in [-0.39, 0.29) is 12.5 Å². The SMILES string of the molecule is [N-]=[N+]=NCc1ccc(C(=O)NCc2ccc(Cl)cc2Cl)s1. The van der Waals surface area contributed by atoms with Crippen LogP contribution in [0.5, 0.6) is 0 Å². The number of nitrogens with one attached hydrogen (secondary N) is 1. The zero-order valence-electron chi connectivity index (χ0n) is 10.7. The fourth-order valence-electron chi connectivity index (χ4n) is 1.61. The number of thiophene rings is 1. The fourth-order valence-corrected chi connectivity index (χ4v) is 2.93. The van der Waals surface area contributed by atoms with Crippen molar-refractivity contribution in [1.82, 2.24) is 5.32 Å². The fraction of sp³-hybridized carbons (Fsp3) is 0.154. The molecule has 0 saturated heterocycles. The van der Waals surface area contributed by atoms with Crippen LogP contribution in [0.2, 0.25) is 10.0 Å². The van der Waals surface area contributed by atoms with Crippen LogP contribution >= 0.6 is 34.5 Å². The molecule has 1 N–H and O–H groups in total. The summed E-state index contributed by atoms with van der Waals surface area (Å²) in [6, 6.07) is 8.59. The van der Waals surface area contributed by atoms with Crippen LogP contribution in [0.25, 0.3) is 10.4 Å². The zero-order chi connectivity index (χ0) is 15.2. The molecule has 1 heterocycles. The van der Waals surface area contributed by atoms with Crippen LogP contribution in [0.4, 0.5) is 0 Å². The lowest BCUT2D eigenvalue weighted by Crippen LogP contribution is -2.21. The maximum Gasteiger partial charge on any atom is 0.261 e. The summed E-state index contributed by atoms with van der Waals surface area (Å²) in [7, 11) is 0. The molecule has 1 aromatic carbocycles. The van der Waals surface area contributed by atoms with Gasteiger partial charge in [0.25, 0.3) is 5.91 Å². The molecule has 0 aliphatic carbocycles. The van der Waals surface area contributed by atoms with Crippen molar-refractivity contribution in [2.24, 2.45) is 5.11 Å². The van der Waals surface area contributed by atoms with Crippen LogP contribution in [0, 0.1) is 0 Å². The average Bonchev–Trinajstić information content (AvgIpc) is 2.93. The summed E-state index contributed by atoms with van der Waals surface area (Å²) in [6.07, 6.45) is 0. The molecule has 0 spiro atoms. The lowest BCUT2D eigenvalue weighted by molar-refractivity contribution is 0.0955. The van der Waals surface area contributed by atoms with E-state index in [2.05, 4.69) is 15.3 Å². The molecule has 0 saturated carbocycles. The van der Waals surface area contributed by atoms with E-state index in [0.29, 0.717) is 21.5 Å². The number of nitrogens with zero attached hydrogens (tertiary/aromatic N) is 3. The molecule has 0 bridgehead atoms. The number of carbonyl (C=O) groups is 1.